The Hall–Kier alpha value is -2.44. The lowest BCUT2D eigenvalue weighted by atomic mass is 10.1. The summed E-state index contributed by atoms with van der Waals surface area (Å²) < 4.78 is 4.98. The van der Waals surface area contributed by atoms with Crippen LogP contribution in [0.1, 0.15) is 81.5 Å². The molecule has 0 heterocycles. The van der Waals surface area contributed by atoms with E-state index >= 15 is 0 Å². The smallest absolute Gasteiger partial charge is 0.426 e. The first kappa shape index (κ1) is 22.6. The molecule has 0 atom stereocenters. The summed E-state index contributed by atoms with van der Waals surface area (Å²) >= 11 is 0. The van der Waals surface area contributed by atoms with Gasteiger partial charge in [-0.25, -0.2) is 10.2 Å². The molecule has 0 unspecified atom stereocenters. The monoisotopic (exact) mass is 380 g/mol. The Morgan fingerprint density at radius 2 is 1.48 bits per heavy atom. The van der Waals surface area contributed by atoms with E-state index in [9.17, 15) is 19.8 Å². The second-order valence-corrected chi connectivity index (χ2v) is 6.60. The Labute approximate surface area is 161 Å². The molecule has 1 aromatic rings. The summed E-state index contributed by atoms with van der Waals surface area (Å²) in [6.45, 7) is 2.51. The normalized spacial score (nSPS) is 10.4. The van der Waals surface area contributed by atoms with Crippen molar-refractivity contribution in [3.63, 3.8) is 0 Å². The lowest BCUT2D eigenvalue weighted by Gasteiger charge is -2.09. The number of phenolic OH excluding ortho intramolecular Hbond substituents is 2. The lowest BCUT2D eigenvalue weighted by molar-refractivity contribution is 0.0905. The van der Waals surface area contributed by atoms with Gasteiger partial charge in [-0.2, -0.15) is 0 Å². The average molecular weight is 380 g/mol. The Balaban J connectivity index is 2.02. The standard InChI is InChI=1S/C20H32N2O5/c1-2-3-4-5-6-7-8-9-10-11-14-27-20(26)22-21-19(25)17-13-12-16(23)15-18(17)24/h12-13,15,23-24H,2-11,14H2,1H3,(H,21,25)(H,22,26). The zero-order valence-electron chi connectivity index (χ0n) is 16.1. The minimum atomic E-state index is -0.752. The quantitative estimate of drug-likeness (QED) is 0.318. The van der Waals surface area contributed by atoms with Gasteiger partial charge in [-0.1, -0.05) is 64.7 Å². The third kappa shape index (κ3) is 10.3. The van der Waals surface area contributed by atoms with Crippen molar-refractivity contribution in [2.24, 2.45) is 0 Å². The highest BCUT2D eigenvalue weighted by atomic mass is 16.6. The first-order valence-corrected chi connectivity index (χ1v) is 9.79. The van der Waals surface area contributed by atoms with Crippen LogP contribution >= 0.6 is 0 Å². The third-order valence-electron chi connectivity index (χ3n) is 4.24. The summed E-state index contributed by atoms with van der Waals surface area (Å²) in [6.07, 6.45) is 11.2. The van der Waals surface area contributed by atoms with Crippen LogP contribution in [0.15, 0.2) is 18.2 Å². The molecule has 0 radical (unpaired) electrons. The molecular weight excluding hydrogens is 348 g/mol. The maximum Gasteiger partial charge on any atom is 0.426 e. The Morgan fingerprint density at radius 3 is 2.07 bits per heavy atom. The molecule has 0 fully saturated rings. The summed E-state index contributed by atoms with van der Waals surface area (Å²) in [7, 11) is 0. The van der Waals surface area contributed by atoms with Gasteiger partial charge >= 0.3 is 6.09 Å². The van der Waals surface area contributed by atoms with Gasteiger partial charge < -0.3 is 14.9 Å². The van der Waals surface area contributed by atoms with E-state index < -0.39 is 12.0 Å². The second kappa shape index (κ2) is 13.7. The van der Waals surface area contributed by atoms with Crippen LogP contribution < -0.4 is 10.9 Å². The number of aromatic hydroxyl groups is 2. The van der Waals surface area contributed by atoms with Gasteiger partial charge in [-0.15, -0.1) is 0 Å². The zero-order valence-corrected chi connectivity index (χ0v) is 16.1. The Morgan fingerprint density at radius 1 is 0.889 bits per heavy atom. The number of benzene rings is 1. The number of hydrogen-bond acceptors (Lipinski definition) is 5. The number of unbranched alkanes of at least 4 members (excludes halogenated alkanes) is 9. The van der Waals surface area contributed by atoms with Crippen molar-refractivity contribution < 1.29 is 24.5 Å². The van der Waals surface area contributed by atoms with Crippen molar-refractivity contribution in [2.75, 3.05) is 6.61 Å². The fourth-order valence-corrected chi connectivity index (χ4v) is 2.68. The van der Waals surface area contributed by atoms with E-state index in [0.717, 1.165) is 25.3 Å². The predicted molar refractivity (Wildman–Crippen MR) is 104 cm³/mol. The van der Waals surface area contributed by atoms with Crippen molar-refractivity contribution in [3.8, 4) is 11.5 Å². The molecule has 0 saturated carbocycles. The number of carbonyl (C=O) groups excluding carboxylic acids is 2. The van der Waals surface area contributed by atoms with E-state index in [1.165, 1.54) is 57.1 Å². The maximum absolute atomic E-state index is 11.8. The van der Waals surface area contributed by atoms with Crippen LogP contribution in [-0.4, -0.2) is 28.8 Å². The van der Waals surface area contributed by atoms with E-state index in [-0.39, 0.29) is 17.1 Å². The van der Waals surface area contributed by atoms with Crippen LogP contribution in [-0.2, 0) is 4.74 Å². The van der Waals surface area contributed by atoms with Crippen LogP contribution in [0.3, 0.4) is 0 Å². The van der Waals surface area contributed by atoms with Gasteiger partial charge in [-0.3, -0.25) is 10.2 Å². The van der Waals surface area contributed by atoms with Crippen molar-refractivity contribution in [3.05, 3.63) is 23.8 Å². The molecule has 27 heavy (non-hydrogen) atoms. The number of rotatable bonds is 12. The second-order valence-electron chi connectivity index (χ2n) is 6.60. The maximum atomic E-state index is 11.8. The van der Waals surface area contributed by atoms with Gasteiger partial charge in [0.15, 0.2) is 0 Å². The minimum absolute atomic E-state index is 0.0669. The molecule has 0 aliphatic heterocycles. The number of ether oxygens (including phenoxy) is 1. The van der Waals surface area contributed by atoms with E-state index in [1.807, 2.05) is 0 Å². The number of phenols is 2. The van der Waals surface area contributed by atoms with Crippen molar-refractivity contribution in [1.82, 2.24) is 10.9 Å². The molecular formula is C20H32N2O5. The molecule has 1 rings (SSSR count). The fourth-order valence-electron chi connectivity index (χ4n) is 2.68. The molecule has 0 aliphatic rings. The first-order chi connectivity index (χ1) is 13.0. The van der Waals surface area contributed by atoms with Gasteiger partial charge in [-0.05, 0) is 18.6 Å². The van der Waals surface area contributed by atoms with Crippen LogP contribution in [0.5, 0.6) is 11.5 Å². The van der Waals surface area contributed by atoms with E-state index in [4.69, 9.17) is 4.74 Å². The summed E-state index contributed by atoms with van der Waals surface area (Å²) in [5.41, 5.74) is 4.20. The summed E-state index contributed by atoms with van der Waals surface area (Å²) in [5, 5.41) is 18.8. The summed E-state index contributed by atoms with van der Waals surface area (Å²) in [6, 6.07) is 3.55. The lowest BCUT2D eigenvalue weighted by Crippen LogP contribution is -2.42. The van der Waals surface area contributed by atoms with Gasteiger partial charge in [0.05, 0.1) is 12.2 Å². The van der Waals surface area contributed by atoms with Crippen molar-refractivity contribution in [1.29, 1.82) is 0 Å². The highest BCUT2D eigenvalue weighted by Crippen LogP contribution is 2.22. The zero-order chi connectivity index (χ0) is 19.9. The summed E-state index contributed by atoms with van der Waals surface area (Å²) in [5.74, 6) is -1.25. The number of hydrogen-bond donors (Lipinski definition) is 4. The summed E-state index contributed by atoms with van der Waals surface area (Å²) in [4.78, 5) is 23.3. The molecule has 0 bridgehead atoms. The Bertz CT molecular complexity index is 577. The van der Waals surface area contributed by atoms with Gasteiger partial charge in [0.25, 0.3) is 5.91 Å². The highest BCUT2D eigenvalue weighted by molar-refractivity contribution is 5.97. The van der Waals surface area contributed by atoms with Gasteiger partial charge in [0.2, 0.25) is 0 Å². The molecule has 4 N–H and O–H groups in total. The van der Waals surface area contributed by atoms with Gasteiger partial charge in [0, 0.05) is 6.07 Å². The molecule has 7 nitrogen and oxygen atoms in total. The third-order valence-corrected chi connectivity index (χ3v) is 4.24. The average Bonchev–Trinajstić information content (AvgIpc) is 2.64. The van der Waals surface area contributed by atoms with Crippen LogP contribution in [0, 0.1) is 0 Å². The van der Waals surface area contributed by atoms with E-state index in [2.05, 4.69) is 17.8 Å². The van der Waals surface area contributed by atoms with Crippen LogP contribution in [0.25, 0.3) is 0 Å². The molecule has 7 heteroatoms. The van der Waals surface area contributed by atoms with Crippen molar-refractivity contribution >= 4 is 12.0 Å². The van der Waals surface area contributed by atoms with E-state index in [1.54, 1.807) is 0 Å². The molecule has 1 aromatic carbocycles. The SMILES string of the molecule is CCCCCCCCCCCCOC(=O)NNC(=O)c1ccc(O)cc1O. The number of hydrazine groups is 1. The number of amides is 2. The molecule has 0 saturated heterocycles. The van der Waals surface area contributed by atoms with E-state index in [0.29, 0.717) is 6.61 Å². The fraction of sp³-hybridized carbons (Fsp3) is 0.600. The topological polar surface area (TPSA) is 108 Å². The van der Waals surface area contributed by atoms with Gasteiger partial charge in [0.1, 0.15) is 11.5 Å². The molecule has 2 amide bonds. The minimum Gasteiger partial charge on any atom is -0.508 e. The van der Waals surface area contributed by atoms with Crippen LogP contribution in [0.4, 0.5) is 4.79 Å². The number of carbonyl (C=O) groups is 2. The highest BCUT2D eigenvalue weighted by Gasteiger charge is 2.12. The molecule has 0 spiro atoms. The van der Waals surface area contributed by atoms with Crippen molar-refractivity contribution in [2.45, 2.75) is 71.1 Å². The number of nitrogens with one attached hydrogen (secondary N) is 2. The molecule has 0 aromatic heterocycles. The Kier molecular flexibility index (Phi) is 11.5. The first-order valence-electron chi connectivity index (χ1n) is 9.79. The largest absolute Gasteiger partial charge is 0.508 e. The predicted octanol–water partition coefficient (Wildman–Crippen LogP) is 4.39. The molecule has 0 aliphatic carbocycles. The molecule has 152 valence electrons. The van der Waals surface area contributed by atoms with Crippen LogP contribution in [0.2, 0.25) is 0 Å².